The van der Waals surface area contributed by atoms with Crippen LogP contribution in [0.2, 0.25) is 0 Å². The van der Waals surface area contributed by atoms with E-state index in [-0.39, 0.29) is 11.1 Å². The average molecular weight is 363 g/mol. The SMILES string of the molecule is CC(C)(C)OC(=O)CNC(=O)C1C(=O)c2cccc(F)c2C(C)(C)C1=O. The molecular formula is C19H22FNO5. The van der Waals surface area contributed by atoms with E-state index in [1.54, 1.807) is 20.8 Å². The van der Waals surface area contributed by atoms with E-state index in [1.165, 1.54) is 32.0 Å². The van der Waals surface area contributed by atoms with Crippen molar-refractivity contribution in [1.29, 1.82) is 0 Å². The third-order valence-electron chi connectivity index (χ3n) is 4.13. The molecule has 2 rings (SSSR count). The first kappa shape index (κ1) is 19.8. The molecule has 1 aliphatic carbocycles. The van der Waals surface area contributed by atoms with E-state index < -0.39 is 52.7 Å². The number of hydrogen-bond acceptors (Lipinski definition) is 5. The van der Waals surface area contributed by atoms with E-state index in [0.29, 0.717) is 0 Å². The lowest BCUT2D eigenvalue weighted by Crippen LogP contribution is -2.52. The van der Waals surface area contributed by atoms with Crippen molar-refractivity contribution in [3.63, 3.8) is 0 Å². The van der Waals surface area contributed by atoms with Crippen LogP contribution in [0.15, 0.2) is 18.2 Å². The zero-order chi connectivity index (χ0) is 19.9. The van der Waals surface area contributed by atoms with Gasteiger partial charge in [0, 0.05) is 11.1 Å². The number of nitrogens with one attached hydrogen (secondary N) is 1. The Kier molecular flexibility index (Phi) is 5.03. The van der Waals surface area contributed by atoms with E-state index in [2.05, 4.69) is 5.32 Å². The van der Waals surface area contributed by atoms with Crippen LogP contribution in [0.5, 0.6) is 0 Å². The second-order valence-electron chi connectivity index (χ2n) is 7.75. The Morgan fingerprint density at radius 2 is 1.85 bits per heavy atom. The first-order valence-corrected chi connectivity index (χ1v) is 8.23. The summed E-state index contributed by atoms with van der Waals surface area (Å²) in [6.45, 7) is 7.50. The molecule has 1 aliphatic rings. The maximum absolute atomic E-state index is 14.2. The molecule has 0 aliphatic heterocycles. The zero-order valence-corrected chi connectivity index (χ0v) is 15.4. The van der Waals surface area contributed by atoms with E-state index in [4.69, 9.17) is 4.74 Å². The molecular weight excluding hydrogens is 341 g/mol. The summed E-state index contributed by atoms with van der Waals surface area (Å²) in [6, 6.07) is 3.92. The predicted molar refractivity (Wildman–Crippen MR) is 91.1 cm³/mol. The molecule has 1 amide bonds. The molecule has 1 unspecified atom stereocenters. The summed E-state index contributed by atoms with van der Waals surface area (Å²) in [5.74, 6) is -5.35. The quantitative estimate of drug-likeness (QED) is 0.655. The lowest BCUT2D eigenvalue weighted by molar-refractivity contribution is -0.155. The smallest absolute Gasteiger partial charge is 0.325 e. The van der Waals surface area contributed by atoms with Gasteiger partial charge in [-0.2, -0.15) is 0 Å². The van der Waals surface area contributed by atoms with E-state index in [1.807, 2.05) is 0 Å². The van der Waals surface area contributed by atoms with Crippen molar-refractivity contribution in [3.8, 4) is 0 Å². The van der Waals surface area contributed by atoms with Crippen molar-refractivity contribution < 1.29 is 28.3 Å². The fraction of sp³-hybridized carbons (Fsp3) is 0.474. The van der Waals surface area contributed by atoms with Gasteiger partial charge in [-0.05, 0) is 40.7 Å². The van der Waals surface area contributed by atoms with Crippen LogP contribution in [0.1, 0.15) is 50.5 Å². The highest BCUT2D eigenvalue weighted by atomic mass is 19.1. The highest BCUT2D eigenvalue weighted by molar-refractivity contribution is 6.28. The summed E-state index contributed by atoms with van der Waals surface area (Å²) >= 11 is 0. The highest BCUT2D eigenvalue weighted by Crippen LogP contribution is 2.38. The fourth-order valence-corrected chi connectivity index (χ4v) is 3.00. The standard InChI is InChI=1S/C19H22FNO5/c1-18(2,3)26-12(22)9-21-17(25)13-15(23)10-7-6-8-11(20)14(10)19(4,5)16(13)24/h6-8,13H,9H2,1-5H3,(H,21,25). The van der Waals surface area contributed by atoms with Crippen LogP contribution in [0.25, 0.3) is 0 Å². The Labute approximate surface area is 151 Å². The van der Waals surface area contributed by atoms with Crippen LogP contribution in [-0.2, 0) is 24.5 Å². The molecule has 0 spiro atoms. The Morgan fingerprint density at radius 1 is 1.23 bits per heavy atom. The molecule has 0 heterocycles. The number of rotatable bonds is 3. The summed E-state index contributed by atoms with van der Waals surface area (Å²) in [7, 11) is 0. The minimum Gasteiger partial charge on any atom is -0.459 e. The lowest BCUT2D eigenvalue weighted by atomic mass is 9.66. The monoisotopic (exact) mass is 363 g/mol. The average Bonchev–Trinajstić information content (AvgIpc) is 2.49. The normalized spacial score (nSPS) is 18.9. The van der Waals surface area contributed by atoms with Crippen molar-refractivity contribution in [1.82, 2.24) is 5.32 Å². The molecule has 140 valence electrons. The molecule has 1 aromatic carbocycles. The molecule has 0 saturated carbocycles. The van der Waals surface area contributed by atoms with Crippen molar-refractivity contribution in [2.75, 3.05) is 6.54 Å². The minimum absolute atomic E-state index is 0.00650. The van der Waals surface area contributed by atoms with Gasteiger partial charge >= 0.3 is 5.97 Å². The second kappa shape index (κ2) is 6.63. The maximum Gasteiger partial charge on any atom is 0.325 e. The largest absolute Gasteiger partial charge is 0.459 e. The van der Waals surface area contributed by atoms with Gasteiger partial charge in [-0.25, -0.2) is 4.39 Å². The van der Waals surface area contributed by atoms with Crippen LogP contribution in [0, 0.1) is 11.7 Å². The molecule has 1 N–H and O–H groups in total. The first-order chi connectivity index (χ1) is 11.9. The Hall–Kier alpha value is -2.57. The number of hydrogen-bond donors (Lipinski definition) is 1. The van der Waals surface area contributed by atoms with Crippen LogP contribution in [0.4, 0.5) is 4.39 Å². The van der Waals surface area contributed by atoms with Crippen molar-refractivity contribution in [3.05, 3.63) is 35.1 Å². The number of ketones is 2. The number of ether oxygens (including phenoxy) is 1. The Bertz CT molecular complexity index is 792. The van der Waals surface area contributed by atoms with Crippen LogP contribution in [-0.4, -0.2) is 35.6 Å². The third kappa shape index (κ3) is 3.66. The van der Waals surface area contributed by atoms with Gasteiger partial charge in [0.1, 0.15) is 18.0 Å². The number of amides is 1. The van der Waals surface area contributed by atoms with Gasteiger partial charge in [-0.1, -0.05) is 12.1 Å². The predicted octanol–water partition coefficient (Wildman–Crippen LogP) is 1.94. The molecule has 6 nitrogen and oxygen atoms in total. The summed E-state index contributed by atoms with van der Waals surface area (Å²) in [5.41, 5.74) is -2.07. The summed E-state index contributed by atoms with van der Waals surface area (Å²) in [6.07, 6.45) is 0. The molecule has 7 heteroatoms. The molecule has 0 fully saturated rings. The number of carbonyl (C=O) groups excluding carboxylic acids is 4. The van der Waals surface area contributed by atoms with Gasteiger partial charge in [0.05, 0.1) is 5.41 Å². The van der Waals surface area contributed by atoms with Crippen LogP contribution in [0.3, 0.4) is 0 Å². The molecule has 1 aromatic rings. The van der Waals surface area contributed by atoms with Gasteiger partial charge in [0.15, 0.2) is 17.5 Å². The number of fused-ring (bicyclic) bond motifs is 1. The van der Waals surface area contributed by atoms with Crippen LogP contribution >= 0.6 is 0 Å². The summed E-state index contributed by atoms with van der Waals surface area (Å²) in [5, 5.41) is 2.27. The van der Waals surface area contributed by atoms with Gasteiger partial charge in [-0.15, -0.1) is 0 Å². The minimum atomic E-state index is -1.62. The van der Waals surface area contributed by atoms with Gasteiger partial charge in [0.2, 0.25) is 5.91 Å². The lowest BCUT2D eigenvalue weighted by Gasteiger charge is -2.34. The van der Waals surface area contributed by atoms with Gasteiger partial charge < -0.3 is 10.1 Å². The van der Waals surface area contributed by atoms with Gasteiger partial charge in [-0.3, -0.25) is 19.2 Å². The molecule has 0 saturated heterocycles. The van der Waals surface area contributed by atoms with E-state index in [0.717, 1.165) is 0 Å². The topological polar surface area (TPSA) is 89.5 Å². The third-order valence-corrected chi connectivity index (χ3v) is 4.13. The van der Waals surface area contributed by atoms with Crippen molar-refractivity contribution in [2.45, 2.75) is 45.6 Å². The molecule has 0 radical (unpaired) electrons. The maximum atomic E-state index is 14.2. The number of halogens is 1. The summed E-state index contributed by atoms with van der Waals surface area (Å²) in [4.78, 5) is 49.5. The van der Waals surface area contributed by atoms with Crippen molar-refractivity contribution in [2.24, 2.45) is 5.92 Å². The number of carbonyl (C=O) groups is 4. The molecule has 1 atom stereocenters. The van der Waals surface area contributed by atoms with Gasteiger partial charge in [0.25, 0.3) is 0 Å². The highest BCUT2D eigenvalue weighted by Gasteiger charge is 2.50. The summed E-state index contributed by atoms with van der Waals surface area (Å²) < 4.78 is 19.3. The van der Waals surface area contributed by atoms with E-state index >= 15 is 0 Å². The molecule has 26 heavy (non-hydrogen) atoms. The van der Waals surface area contributed by atoms with E-state index in [9.17, 15) is 23.6 Å². The number of esters is 1. The zero-order valence-electron chi connectivity index (χ0n) is 15.4. The Balaban J connectivity index is 2.25. The first-order valence-electron chi connectivity index (χ1n) is 8.23. The number of Topliss-reactive ketones (excluding diaryl/α,β-unsaturated/α-hetero) is 2. The molecule has 0 bridgehead atoms. The fourth-order valence-electron chi connectivity index (χ4n) is 3.00. The second-order valence-corrected chi connectivity index (χ2v) is 7.75. The molecule has 0 aromatic heterocycles. The van der Waals surface area contributed by atoms with Crippen molar-refractivity contribution >= 4 is 23.4 Å². The Morgan fingerprint density at radius 3 is 2.42 bits per heavy atom. The number of benzene rings is 1. The van der Waals surface area contributed by atoms with Crippen LogP contribution < -0.4 is 5.32 Å².